The van der Waals surface area contributed by atoms with Gasteiger partial charge >= 0.3 is 0 Å². The van der Waals surface area contributed by atoms with E-state index in [-0.39, 0.29) is 5.91 Å². The highest BCUT2D eigenvalue weighted by Gasteiger charge is 2.07. The van der Waals surface area contributed by atoms with Crippen molar-refractivity contribution in [1.82, 2.24) is 4.98 Å². The van der Waals surface area contributed by atoms with Crippen LogP contribution < -0.4 is 21.1 Å². The first-order valence-corrected chi connectivity index (χ1v) is 9.22. The summed E-state index contributed by atoms with van der Waals surface area (Å²) in [6.07, 6.45) is 3.51. The fourth-order valence-corrected chi connectivity index (χ4v) is 2.68. The molecule has 0 bridgehead atoms. The summed E-state index contributed by atoms with van der Waals surface area (Å²) in [7, 11) is 1.65. The zero-order valence-corrected chi connectivity index (χ0v) is 16.5. The van der Waals surface area contributed by atoms with Gasteiger partial charge in [-0.3, -0.25) is 4.79 Å². The van der Waals surface area contributed by atoms with Gasteiger partial charge in [0, 0.05) is 18.3 Å². The highest BCUT2D eigenvalue weighted by atomic mass is 16.5. The third kappa shape index (κ3) is 5.59. The van der Waals surface area contributed by atoms with Crippen molar-refractivity contribution < 1.29 is 9.53 Å². The molecule has 0 fully saturated rings. The van der Waals surface area contributed by atoms with E-state index >= 15 is 0 Å². The topological polar surface area (TPSA) is 89.3 Å². The van der Waals surface area contributed by atoms with E-state index in [9.17, 15) is 4.79 Å². The molecule has 6 nitrogen and oxygen atoms in total. The van der Waals surface area contributed by atoms with Gasteiger partial charge in [0.25, 0.3) is 5.91 Å². The Morgan fingerprint density at radius 2 is 1.86 bits per heavy atom. The summed E-state index contributed by atoms with van der Waals surface area (Å²) in [5, 5.41) is 6.09. The number of nitrogens with one attached hydrogen (secondary N) is 2. The number of ether oxygens (including phenoxy) is 1. The zero-order chi connectivity index (χ0) is 20.6. The van der Waals surface area contributed by atoms with Gasteiger partial charge in [-0.2, -0.15) is 0 Å². The van der Waals surface area contributed by atoms with Crippen LogP contribution in [0.1, 0.15) is 18.1 Å². The first-order chi connectivity index (χ1) is 14.0. The number of benzene rings is 2. The Bertz CT molecular complexity index is 996. The second kappa shape index (κ2) is 9.41. The molecular weight excluding hydrogens is 364 g/mol. The number of nitrogen functional groups attached to an aromatic ring is 1. The predicted octanol–water partition coefficient (Wildman–Crippen LogP) is 4.33. The maximum atomic E-state index is 12.4. The average Bonchev–Trinajstić information content (AvgIpc) is 2.75. The summed E-state index contributed by atoms with van der Waals surface area (Å²) < 4.78 is 5.16. The number of hydrogen-bond donors (Lipinski definition) is 3. The molecule has 3 rings (SSSR count). The average molecular weight is 388 g/mol. The Morgan fingerprint density at radius 1 is 1.10 bits per heavy atom. The quantitative estimate of drug-likeness (QED) is 0.414. The number of nitrogens with zero attached hydrogens (tertiary/aromatic N) is 1. The molecule has 2 aromatic carbocycles. The molecule has 0 saturated carbocycles. The number of pyridine rings is 1. The van der Waals surface area contributed by atoms with E-state index in [4.69, 9.17) is 10.5 Å². The van der Waals surface area contributed by atoms with Crippen molar-refractivity contribution >= 4 is 29.2 Å². The first-order valence-electron chi connectivity index (χ1n) is 9.22. The van der Waals surface area contributed by atoms with Crippen molar-refractivity contribution in [3.05, 3.63) is 83.6 Å². The number of amides is 1. The van der Waals surface area contributed by atoms with Gasteiger partial charge in [-0.15, -0.1) is 0 Å². The molecular formula is C23H24N4O2. The van der Waals surface area contributed by atoms with E-state index in [0.717, 1.165) is 22.7 Å². The van der Waals surface area contributed by atoms with Crippen LogP contribution in [0.25, 0.3) is 6.08 Å². The number of para-hydroxylation sites is 2. The van der Waals surface area contributed by atoms with Crippen molar-refractivity contribution in [3.8, 4) is 5.75 Å². The number of rotatable bonds is 7. The smallest absolute Gasteiger partial charge is 0.251 e. The van der Waals surface area contributed by atoms with Crippen molar-refractivity contribution in [2.24, 2.45) is 0 Å². The molecule has 3 aromatic rings. The minimum atomic E-state index is -0.204. The van der Waals surface area contributed by atoms with Gasteiger partial charge in [0.05, 0.1) is 18.5 Å². The van der Waals surface area contributed by atoms with E-state index < -0.39 is 0 Å². The lowest BCUT2D eigenvalue weighted by atomic mass is 10.1. The van der Waals surface area contributed by atoms with Crippen LogP contribution >= 0.6 is 0 Å². The van der Waals surface area contributed by atoms with Crippen molar-refractivity contribution in [3.63, 3.8) is 0 Å². The van der Waals surface area contributed by atoms with Crippen LogP contribution in [-0.2, 0) is 11.3 Å². The molecule has 1 amide bonds. The van der Waals surface area contributed by atoms with E-state index in [1.54, 1.807) is 38.4 Å². The number of methoxy groups -OCH3 is 1. The summed E-state index contributed by atoms with van der Waals surface area (Å²) in [6, 6.07) is 18.8. The molecule has 0 atom stereocenters. The summed E-state index contributed by atoms with van der Waals surface area (Å²) in [4.78, 5) is 16.8. The maximum absolute atomic E-state index is 12.4. The van der Waals surface area contributed by atoms with Crippen molar-refractivity contribution in [2.75, 3.05) is 23.5 Å². The van der Waals surface area contributed by atoms with E-state index in [0.29, 0.717) is 23.5 Å². The zero-order valence-electron chi connectivity index (χ0n) is 16.5. The minimum Gasteiger partial charge on any atom is -0.497 e. The van der Waals surface area contributed by atoms with Gasteiger partial charge in [0.2, 0.25) is 0 Å². The lowest BCUT2D eigenvalue weighted by Crippen LogP contribution is -2.13. The third-order valence-corrected chi connectivity index (χ3v) is 4.37. The fraction of sp³-hybridized carbons (Fsp3) is 0.130. The van der Waals surface area contributed by atoms with Gasteiger partial charge in [-0.1, -0.05) is 24.3 Å². The summed E-state index contributed by atoms with van der Waals surface area (Å²) in [6.45, 7) is 2.41. The molecule has 6 heteroatoms. The number of hydrogen-bond acceptors (Lipinski definition) is 5. The van der Waals surface area contributed by atoms with Gasteiger partial charge < -0.3 is 21.1 Å². The first kappa shape index (κ1) is 19.9. The summed E-state index contributed by atoms with van der Waals surface area (Å²) >= 11 is 0. The second-order valence-electron chi connectivity index (χ2n) is 6.55. The molecule has 1 heterocycles. The van der Waals surface area contributed by atoms with Gasteiger partial charge in [0.15, 0.2) is 0 Å². The lowest BCUT2D eigenvalue weighted by Gasteiger charge is -2.09. The Hall–Kier alpha value is -3.80. The molecule has 0 aliphatic rings. The second-order valence-corrected chi connectivity index (χ2v) is 6.55. The Balaban J connectivity index is 1.58. The largest absolute Gasteiger partial charge is 0.497 e. The van der Waals surface area contributed by atoms with E-state index in [2.05, 4.69) is 15.6 Å². The Labute approximate surface area is 170 Å². The predicted molar refractivity (Wildman–Crippen MR) is 118 cm³/mol. The fourth-order valence-electron chi connectivity index (χ4n) is 2.68. The molecule has 0 saturated heterocycles. The number of aromatic nitrogens is 1. The normalized spacial score (nSPS) is 11.0. The molecule has 0 spiro atoms. The van der Waals surface area contributed by atoms with Gasteiger partial charge in [-0.25, -0.2) is 4.98 Å². The minimum absolute atomic E-state index is 0.204. The molecule has 29 heavy (non-hydrogen) atoms. The number of nitrogens with two attached hydrogens (primary N) is 1. The Morgan fingerprint density at radius 3 is 2.52 bits per heavy atom. The number of anilines is 3. The van der Waals surface area contributed by atoms with Crippen LogP contribution in [-0.4, -0.2) is 18.0 Å². The molecule has 0 radical (unpaired) electrons. The van der Waals surface area contributed by atoms with Crippen molar-refractivity contribution in [2.45, 2.75) is 13.5 Å². The SMILES string of the molecule is COc1ccc(CNc2ccc(/C=C(/C)C(=O)Nc3ccccc3N)cn2)cc1. The maximum Gasteiger partial charge on any atom is 0.251 e. The van der Waals surface area contributed by atoms with Gasteiger partial charge in [0.1, 0.15) is 11.6 Å². The molecule has 0 aliphatic carbocycles. The summed E-state index contributed by atoms with van der Waals surface area (Å²) in [5.41, 5.74) is 9.53. The molecule has 0 unspecified atom stereocenters. The van der Waals surface area contributed by atoms with Crippen LogP contribution in [0, 0.1) is 0 Å². The molecule has 4 N–H and O–H groups in total. The highest BCUT2D eigenvalue weighted by Crippen LogP contribution is 2.18. The number of carbonyl (C=O) groups excluding carboxylic acids is 1. The van der Waals surface area contributed by atoms with E-state index in [1.807, 2.05) is 48.5 Å². The standard InChI is InChI=1S/C23H24N4O2/c1-16(23(28)27-21-6-4-3-5-20(21)24)13-18-9-12-22(26-15-18)25-14-17-7-10-19(29-2)11-8-17/h3-13,15H,14,24H2,1-2H3,(H,25,26)(H,27,28)/b16-13-. The van der Waals surface area contributed by atoms with Crippen LogP contribution in [0.3, 0.4) is 0 Å². The van der Waals surface area contributed by atoms with Crippen LogP contribution in [0.4, 0.5) is 17.2 Å². The summed E-state index contributed by atoms with van der Waals surface area (Å²) in [5.74, 6) is 1.39. The number of carbonyl (C=O) groups is 1. The Kier molecular flexibility index (Phi) is 6.47. The van der Waals surface area contributed by atoms with Crippen LogP contribution in [0.5, 0.6) is 5.75 Å². The monoisotopic (exact) mass is 388 g/mol. The highest BCUT2D eigenvalue weighted by molar-refractivity contribution is 6.07. The van der Waals surface area contributed by atoms with Crippen molar-refractivity contribution in [1.29, 1.82) is 0 Å². The third-order valence-electron chi connectivity index (χ3n) is 4.37. The molecule has 148 valence electrons. The molecule has 1 aromatic heterocycles. The van der Waals surface area contributed by atoms with E-state index in [1.165, 1.54) is 0 Å². The van der Waals surface area contributed by atoms with Crippen LogP contribution in [0.15, 0.2) is 72.4 Å². The molecule has 0 aliphatic heterocycles. The van der Waals surface area contributed by atoms with Crippen LogP contribution in [0.2, 0.25) is 0 Å². The van der Waals surface area contributed by atoms with Gasteiger partial charge in [-0.05, 0) is 60.5 Å². The lowest BCUT2D eigenvalue weighted by molar-refractivity contribution is -0.112.